The molecule has 1 aromatic carbocycles. The van der Waals surface area contributed by atoms with Gasteiger partial charge in [0.2, 0.25) is 11.8 Å². The number of likely N-dealkylation sites (tertiary alicyclic amines) is 1. The fourth-order valence-corrected chi connectivity index (χ4v) is 4.10. The molecule has 5 heteroatoms. The third kappa shape index (κ3) is 3.26. The van der Waals surface area contributed by atoms with Gasteiger partial charge in [-0.1, -0.05) is 36.8 Å². The van der Waals surface area contributed by atoms with E-state index >= 15 is 0 Å². The maximum atomic E-state index is 13.2. The molecule has 2 amide bonds. The predicted octanol–water partition coefficient (Wildman–Crippen LogP) is 2.82. The molecule has 5 nitrogen and oxygen atoms in total. The van der Waals surface area contributed by atoms with Crippen LogP contribution in [0.25, 0.3) is 0 Å². The van der Waals surface area contributed by atoms with Crippen molar-refractivity contribution in [2.24, 2.45) is 0 Å². The van der Waals surface area contributed by atoms with E-state index in [9.17, 15) is 9.59 Å². The zero-order valence-electron chi connectivity index (χ0n) is 15.0. The van der Waals surface area contributed by atoms with Gasteiger partial charge >= 0.3 is 0 Å². The molecule has 0 radical (unpaired) electrons. The van der Waals surface area contributed by atoms with Gasteiger partial charge < -0.3 is 14.4 Å². The first-order valence-electron chi connectivity index (χ1n) is 9.51. The zero-order chi connectivity index (χ0) is 17.9. The average molecular weight is 351 g/mol. The van der Waals surface area contributed by atoms with Crippen molar-refractivity contribution < 1.29 is 9.59 Å². The van der Waals surface area contributed by atoms with Gasteiger partial charge in [0, 0.05) is 37.9 Å². The Balaban J connectivity index is 1.60. The first-order valence-corrected chi connectivity index (χ1v) is 9.51. The van der Waals surface area contributed by atoms with E-state index in [4.69, 9.17) is 0 Å². The number of nitrogens with zero attached hydrogens (tertiary/aromatic N) is 3. The van der Waals surface area contributed by atoms with Crippen molar-refractivity contribution in [2.45, 2.75) is 38.3 Å². The minimum Gasteiger partial charge on any atom is -0.348 e. The maximum Gasteiger partial charge on any atom is 0.243 e. The Morgan fingerprint density at radius 2 is 1.81 bits per heavy atom. The summed E-state index contributed by atoms with van der Waals surface area (Å²) >= 11 is 0. The highest BCUT2D eigenvalue weighted by Gasteiger charge is 2.33. The van der Waals surface area contributed by atoms with Gasteiger partial charge in [-0.25, -0.2) is 0 Å². The first-order chi connectivity index (χ1) is 12.7. The van der Waals surface area contributed by atoms with Gasteiger partial charge in [-0.2, -0.15) is 0 Å². The Bertz CT molecular complexity index is 784. The molecule has 0 saturated carbocycles. The first kappa shape index (κ1) is 16.9. The number of hydrogen-bond donors (Lipinski definition) is 0. The van der Waals surface area contributed by atoms with Crippen molar-refractivity contribution >= 4 is 11.8 Å². The second-order valence-electron chi connectivity index (χ2n) is 7.15. The Kier molecular flexibility index (Phi) is 4.78. The lowest BCUT2D eigenvalue weighted by Crippen LogP contribution is -2.47. The standard InChI is InChI=1S/C21H25N3O2/c25-19-11-5-2-6-12-23(19)16-20(26)24-15-14-22-13-7-10-18(22)21(24)17-8-3-1-4-9-17/h1,3-4,7-10,13,21H,2,5-6,11-12,14-16H2. The van der Waals surface area contributed by atoms with E-state index in [1.165, 1.54) is 0 Å². The molecule has 1 unspecified atom stereocenters. The van der Waals surface area contributed by atoms with Crippen molar-refractivity contribution in [3.63, 3.8) is 0 Å². The molecule has 2 aliphatic heterocycles. The number of hydrogen-bond acceptors (Lipinski definition) is 2. The fourth-order valence-electron chi connectivity index (χ4n) is 4.10. The highest BCUT2D eigenvalue weighted by molar-refractivity contribution is 5.85. The molecule has 1 fully saturated rings. The van der Waals surface area contributed by atoms with Gasteiger partial charge in [-0.15, -0.1) is 0 Å². The minimum absolute atomic E-state index is 0.0431. The van der Waals surface area contributed by atoms with Crippen LogP contribution in [0.2, 0.25) is 0 Å². The largest absolute Gasteiger partial charge is 0.348 e. The third-order valence-corrected chi connectivity index (χ3v) is 5.47. The zero-order valence-corrected chi connectivity index (χ0v) is 15.0. The van der Waals surface area contributed by atoms with Crippen LogP contribution in [-0.2, 0) is 16.1 Å². The van der Waals surface area contributed by atoms with Crippen LogP contribution >= 0.6 is 0 Å². The summed E-state index contributed by atoms with van der Waals surface area (Å²) < 4.78 is 2.22. The van der Waals surface area contributed by atoms with Gasteiger partial charge in [0.05, 0.1) is 12.6 Å². The van der Waals surface area contributed by atoms with E-state index in [0.29, 0.717) is 19.5 Å². The number of amides is 2. The van der Waals surface area contributed by atoms with E-state index in [1.807, 2.05) is 29.2 Å². The number of fused-ring (bicyclic) bond motifs is 1. The number of benzene rings is 1. The van der Waals surface area contributed by atoms with Crippen molar-refractivity contribution in [1.29, 1.82) is 0 Å². The Labute approximate surface area is 154 Å². The Hall–Kier alpha value is -2.56. The SMILES string of the molecule is O=C1CCCCCN1CC(=O)N1CCn2cccc2C1c1ccccc1. The molecule has 1 aromatic heterocycles. The van der Waals surface area contributed by atoms with E-state index in [2.05, 4.69) is 29.0 Å². The van der Waals surface area contributed by atoms with E-state index in [-0.39, 0.29) is 24.4 Å². The van der Waals surface area contributed by atoms with Crippen molar-refractivity contribution in [1.82, 2.24) is 14.4 Å². The lowest BCUT2D eigenvalue weighted by atomic mass is 10.00. The fraction of sp³-hybridized carbons (Fsp3) is 0.429. The van der Waals surface area contributed by atoms with Gasteiger partial charge in [-0.3, -0.25) is 9.59 Å². The number of carbonyl (C=O) groups excluding carboxylic acids is 2. The number of rotatable bonds is 3. The van der Waals surface area contributed by atoms with Crippen LogP contribution in [0.1, 0.15) is 43.0 Å². The molecule has 0 bridgehead atoms. The number of carbonyl (C=O) groups is 2. The summed E-state index contributed by atoms with van der Waals surface area (Å²) in [5.41, 5.74) is 2.25. The quantitative estimate of drug-likeness (QED) is 0.854. The molecule has 0 aliphatic carbocycles. The highest BCUT2D eigenvalue weighted by atomic mass is 16.2. The molecule has 0 spiro atoms. The second kappa shape index (κ2) is 7.36. The molecule has 136 valence electrons. The van der Waals surface area contributed by atoms with Crippen LogP contribution in [-0.4, -0.2) is 45.8 Å². The molecule has 1 atom stereocenters. The van der Waals surface area contributed by atoms with Crippen LogP contribution in [0.4, 0.5) is 0 Å². The van der Waals surface area contributed by atoms with Gasteiger partial charge in [-0.05, 0) is 30.5 Å². The van der Waals surface area contributed by atoms with E-state index in [1.54, 1.807) is 4.90 Å². The summed E-state index contributed by atoms with van der Waals surface area (Å²) in [5.74, 6) is 0.161. The average Bonchev–Trinajstić information content (AvgIpc) is 3.06. The normalized spacial score (nSPS) is 20.6. The second-order valence-corrected chi connectivity index (χ2v) is 7.15. The molecule has 1 saturated heterocycles. The van der Waals surface area contributed by atoms with E-state index in [0.717, 1.165) is 37.1 Å². The van der Waals surface area contributed by atoms with E-state index < -0.39 is 0 Å². The monoisotopic (exact) mass is 351 g/mol. The summed E-state index contributed by atoms with van der Waals surface area (Å²) in [4.78, 5) is 29.2. The van der Waals surface area contributed by atoms with Crippen LogP contribution in [0.5, 0.6) is 0 Å². The van der Waals surface area contributed by atoms with Crippen LogP contribution < -0.4 is 0 Å². The third-order valence-electron chi connectivity index (χ3n) is 5.47. The minimum atomic E-state index is -0.0884. The van der Waals surface area contributed by atoms with Crippen LogP contribution in [0.3, 0.4) is 0 Å². The summed E-state index contributed by atoms with van der Waals surface area (Å²) in [6.07, 6.45) is 5.64. The maximum absolute atomic E-state index is 13.2. The summed E-state index contributed by atoms with van der Waals surface area (Å²) in [6, 6.07) is 14.2. The van der Waals surface area contributed by atoms with Crippen molar-refractivity contribution in [3.8, 4) is 0 Å². The van der Waals surface area contributed by atoms with Crippen molar-refractivity contribution in [3.05, 3.63) is 59.9 Å². The lowest BCUT2D eigenvalue weighted by Gasteiger charge is -2.38. The number of aromatic nitrogens is 1. The molecular formula is C21H25N3O2. The molecule has 3 heterocycles. The Morgan fingerprint density at radius 3 is 2.65 bits per heavy atom. The van der Waals surface area contributed by atoms with Crippen LogP contribution in [0.15, 0.2) is 48.7 Å². The smallest absolute Gasteiger partial charge is 0.243 e. The van der Waals surface area contributed by atoms with Crippen molar-refractivity contribution in [2.75, 3.05) is 19.6 Å². The topological polar surface area (TPSA) is 45.6 Å². The highest BCUT2D eigenvalue weighted by Crippen LogP contribution is 2.32. The van der Waals surface area contributed by atoms with Gasteiger partial charge in [0.15, 0.2) is 0 Å². The molecule has 26 heavy (non-hydrogen) atoms. The molecule has 2 aromatic rings. The van der Waals surface area contributed by atoms with Crippen LogP contribution in [0, 0.1) is 0 Å². The summed E-state index contributed by atoms with van der Waals surface area (Å²) in [6.45, 7) is 2.36. The van der Waals surface area contributed by atoms with Gasteiger partial charge in [0.1, 0.15) is 0 Å². The lowest BCUT2D eigenvalue weighted by molar-refractivity contribution is -0.141. The molecule has 2 aliphatic rings. The summed E-state index contributed by atoms with van der Waals surface area (Å²) in [5, 5.41) is 0. The molecule has 0 N–H and O–H groups in total. The predicted molar refractivity (Wildman–Crippen MR) is 99.5 cm³/mol. The van der Waals surface area contributed by atoms with Gasteiger partial charge in [0.25, 0.3) is 0 Å². The molecule has 4 rings (SSSR count). The Morgan fingerprint density at radius 1 is 0.962 bits per heavy atom. The summed E-state index contributed by atoms with van der Waals surface area (Å²) in [7, 11) is 0. The molecular weight excluding hydrogens is 326 g/mol.